The Kier molecular flexibility index (Phi) is 6.63. The monoisotopic (exact) mass is 270 g/mol. The molecule has 2 amide bonds. The summed E-state index contributed by atoms with van der Waals surface area (Å²) >= 11 is 0. The van der Waals surface area contributed by atoms with Crippen molar-refractivity contribution in [3.63, 3.8) is 0 Å². The molecule has 4 heteroatoms. The van der Waals surface area contributed by atoms with Gasteiger partial charge in [0.25, 0.3) is 0 Å². The van der Waals surface area contributed by atoms with E-state index in [1.165, 1.54) is 19.3 Å². The van der Waals surface area contributed by atoms with Crippen LogP contribution in [0.15, 0.2) is 0 Å². The summed E-state index contributed by atoms with van der Waals surface area (Å²) in [6, 6.07) is 0.196. The third kappa shape index (κ3) is 5.01. The summed E-state index contributed by atoms with van der Waals surface area (Å²) in [5, 5.41) is 15.1. The van der Waals surface area contributed by atoms with Gasteiger partial charge in [0.1, 0.15) is 0 Å². The molecule has 0 radical (unpaired) electrons. The molecule has 0 aromatic carbocycles. The molecule has 4 nitrogen and oxygen atoms in total. The normalized spacial score (nSPS) is 26.8. The van der Waals surface area contributed by atoms with E-state index in [9.17, 15) is 4.79 Å². The summed E-state index contributed by atoms with van der Waals surface area (Å²) in [4.78, 5) is 12.0. The molecule has 1 aliphatic carbocycles. The van der Waals surface area contributed by atoms with Crippen LogP contribution in [0.4, 0.5) is 4.79 Å². The zero-order chi connectivity index (χ0) is 14.4. The zero-order valence-corrected chi connectivity index (χ0v) is 12.8. The second kappa shape index (κ2) is 7.73. The summed E-state index contributed by atoms with van der Waals surface area (Å²) in [7, 11) is 0. The summed E-state index contributed by atoms with van der Waals surface area (Å²) in [5.41, 5.74) is 0. The Bertz CT molecular complexity index is 281. The molecule has 0 aliphatic heterocycles. The van der Waals surface area contributed by atoms with E-state index in [2.05, 4.69) is 24.5 Å². The maximum absolute atomic E-state index is 12.0. The maximum Gasteiger partial charge on any atom is 0.315 e. The van der Waals surface area contributed by atoms with Gasteiger partial charge in [0.05, 0.1) is 0 Å². The Morgan fingerprint density at radius 2 is 1.84 bits per heavy atom. The lowest BCUT2D eigenvalue weighted by Crippen LogP contribution is -2.51. The number of rotatable bonds is 5. The third-order valence-electron chi connectivity index (χ3n) is 4.49. The molecule has 0 saturated heterocycles. The van der Waals surface area contributed by atoms with Gasteiger partial charge in [0, 0.05) is 18.7 Å². The van der Waals surface area contributed by atoms with Gasteiger partial charge in [-0.3, -0.25) is 0 Å². The Balaban J connectivity index is 2.45. The number of amides is 2. The molecule has 112 valence electrons. The highest BCUT2D eigenvalue weighted by Crippen LogP contribution is 2.30. The fourth-order valence-corrected chi connectivity index (χ4v) is 2.85. The number of hydrogen-bond donors (Lipinski definition) is 3. The molecule has 19 heavy (non-hydrogen) atoms. The Morgan fingerprint density at radius 3 is 2.42 bits per heavy atom. The van der Waals surface area contributed by atoms with Crippen LogP contribution in [0.5, 0.6) is 0 Å². The molecule has 1 saturated carbocycles. The van der Waals surface area contributed by atoms with Gasteiger partial charge in [-0.15, -0.1) is 0 Å². The van der Waals surface area contributed by atoms with Crippen molar-refractivity contribution in [2.75, 3.05) is 6.61 Å². The van der Waals surface area contributed by atoms with Gasteiger partial charge >= 0.3 is 6.03 Å². The van der Waals surface area contributed by atoms with Gasteiger partial charge in [-0.25, -0.2) is 4.79 Å². The lowest BCUT2D eigenvalue weighted by atomic mass is 9.78. The number of urea groups is 1. The van der Waals surface area contributed by atoms with Gasteiger partial charge in [-0.1, -0.05) is 33.6 Å². The van der Waals surface area contributed by atoms with E-state index < -0.39 is 0 Å². The van der Waals surface area contributed by atoms with Gasteiger partial charge in [-0.05, 0) is 37.5 Å². The fourth-order valence-electron chi connectivity index (χ4n) is 2.85. The van der Waals surface area contributed by atoms with Crippen LogP contribution in [0.25, 0.3) is 0 Å². The molecule has 1 rings (SSSR count). The Morgan fingerprint density at radius 1 is 1.21 bits per heavy atom. The van der Waals surface area contributed by atoms with Crippen molar-refractivity contribution in [3.05, 3.63) is 0 Å². The van der Waals surface area contributed by atoms with Crippen LogP contribution in [-0.4, -0.2) is 29.8 Å². The summed E-state index contributed by atoms with van der Waals surface area (Å²) < 4.78 is 0. The smallest absolute Gasteiger partial charge is 0.315 e. The molecule has 1 fully saturated rings. The number of carbonyl (C=O) groups is 1. The molecule has 3 N–H and O–H groups in total. The number of aliphatic hydroxyl groups excluding tert-OH is 1. The van der Waals surface area contributed by atoms with E-state index in [-0.39, 0.29) is 24.6 Å². The molecule has 0 spiro atoms. The predicted octanol–water partition coefficient (Wildman–Crippen LogP) is 2.52. The van der Waals surface area contributed by atoms with Crippen LogP contribution in [0.3, 0.4) is 0 Å². The maximum atomic E-state index is 12.0. The topological polar surface area (TPSA) is 61.4 Å². The van der Waals surface area contributed by atoms with Gasteiger partial charge < -0.3 is 15.7 Å². The Hall–Kier alpha value is -0.770. The predicted molar refractivity (Wildman–Crippen MR) is 78.0 cm³/mol. The largest absolute Gasteiger partial charge is 0.396 e. The first-order chi connectivity index (χ1) is 8.95. The van der Waals surface area contributed by atoms with Crippen LogP contribution < -0.4 is 10.6 Å². The highest BCUT2D eigenvalue weighted by atomic mass is 16.3. The number of aliphatic hydroxyl groups is 1. The van der Waals surface area contributed by atoms with Crippen LogP contribution in [0.2, 0.25) is 0 Å². The minimum Gasteiger partial charge on any atom is -0.396 e. The zero-order valence-electron chi connectivity index (χ0n) is 12.8. The van der Waals surface area contributed by atoms with E-state index in [1.54, 1.807) is 0 Å². The number of carbonyl (C=O) groups excluding carboxylic acids is 1. The molecule has 4 atom stereocenters. The molecular weight excluding hydrogens is 240 g/mol. The molecule has 0 aromatic rings. The average molecular weight is 270 g/mol. The first-order valence-electron chi connectivity index (χ1n) is 7.63. The second-order valence-corrected chi connectivity index (χ2v) is 6.37. The van der Waals surface area contributed by atoms with Crippen molar-refractivity contribution < 1.29 is 9.90 Å². The van der Waals surface area contributed by atoms with Crippen LogP contribution >= 0.6 is 0 Å². The molecule has 4 unspecified atom stereocenters. The highest BCUT2D eigenvalue weighted by Gasteiger charge is 2.29. The van der Waals surface area contributed by atoms with Crippen LogP contribution in [0, 0.1) is 17.8 Å². The number of hydrogen-bond acceptors (Lipinski definition) is 2. The minimum atomic E-state index is -0.0923. The summed E-state index contributed by atoms with van der Waals surface area (Å²) in [6.45, 7) is 8.43. The van der Waals surface area contributed by atoms with Gasteiger partial charge in [-0.2, -0.15) is 0 Å². The van der Waals surface area contributed by atoms with Crippen molar-refractivity contribution in [1.29, 1.82) is 0 Å². The van der Waals surface area contributed by atoms with E-state index >= 15 is 0 Å². The van der Waals surface area contributed by atoms with Crippen LogP contribution in [-0.2, 0) is 0 Å². The molecule has 0 bridgehead atoms. The van der Waals surface area contributed by atoms with E-state index in [4.69, 9.17) is 5.11 Å². The minimum absolute atomic E-state index is 0.00825. The quantitative estimate of drug-likeness (QED) is 0.719. The van der Waals surface area contributed by atoms with E-state index in [0.717, 1.165) is 6.42 Å². The van der Waals surface area contributed by atoms with Crippen LogP contribution in [0.1, 0.15) is 53.4 Å². The van der Waals surface area contributed by atoms with Gasteiger partial charge in [0.2, 0.25) is 0 Å². The molecule has 0 aromatic heterocycles. The summed E-state index contributed by atoms with van der Waals surface area (Å²) in [5.74, 6) is 1.28. The lowest BCUT2D eigenvalue weighted by molar-refractivity contribution is 0.181. The first kappa shape index (κ1) is 16.3. The molecule has 1 aliphatic rings. The second-order valence-electron chi connectivity index (χ2n) is 6.37. The summed E-state index contributed by atoms with van der Waals surface area (Å²) in [6.07, 6.45) is 4.78. The van der Waals surface area contributed by atoms with Crippen molar-refractivity contribution in [2.24, 2.45) is 17.8 Å². The van der Waals surface area contributed by atoms with Crippen molar-refractivity contribution in [1.82, 2.24) is 10.6 Å². The highest BCUT2D eigenvalue weighted by molar-refractivity contribution is 5.74. The van der Waals surface area contributed by atoms with Crippen molar-refractivity contribution in [3.8, 4) is 0 Å². The van der Waals surface area contributed by atoms with Gasteiger partial charge in [0.15, 0.2) is 0 Å². The Labute approximate surface area is 117 Å². The third-order valence-corrected chi connectivity index (χ3v) is 4.49. The fraction of sp³-hybridized carbons (Fsp3) is 0.933. The van der Waals surface area contributed by atoms with Crippen molar-refractivity contribution >= 4 is 6.03 Å². The first-order valence-corrected chi connectivity index (χ1v) is 7.63. The van der Waals surface area contributed by atoms with Crippen molar-refractivity contribution in [2.45, 2.75) is 65.5 Å². The molecular formula is C15H30N2O2. The van der Waals surface area contributed by atoms with E-state index in [1.807, 2.05) is 13.8 Å². The molecule has 0 heterocycles. The number of nitrogens with one attached hydrogen (secondary N) is 2. The lowest BCUT2D eigenvalue weighted by Gasteiger charge is -2.35. The standard InChI is InChI=1S/C15H30N2O2/c1-10(2)13-7-5-6-8-14(13)17-15(19)16-12(4)11(3)9-18/h10-14,18H,5-9H2,1-4H3,(H2,16,17,19). The SMILES string of the molecule is CC(C)C1CCCCC1NC(=O)NC(C)C(C)CO. The van der Waals surface area contributed by atoms with E-state index in [0.29, 0.717) is 17.9 Å². The average Bonchev–Trinajstić information content (AvgIpc) is 2.37.